The lowest BCUT2D eigenvalue weighted by molar-refractivity contribution is 0.0717. The van der Waals surface area contributed by atoms with Crippen molar-refractivity contribution in [2.24, 2.45) is 5.92 Å². The zero-order valence-corrected chi connectivity index (χ0v) is 33.0. The van der Waals surface area contributed by atoms with Gasteiger partial charge in [0.15, 0.2) is 5.82 Å². The molecule has 298 valence electrons. The zero-order valence-electron chi connectivity index (χ0n) is 33.0. The highest BCUT2D eigenvalue weighted by molar-refractivity contribution is 5.99. The molecule has 1 saturated carbocycles. The third-order valence-corrected chi connectivity index (χ3v) is 13.2. The molecule has 0 radical (unpaired) electrons. The van der Waals surface area contributed by atoms with E-state index in [1.165, 1.54) is 11.1 Å². The number of aromatic nitrogens is 5. The van der Waals surface area contributed by atoms with Crippen LogP contribution in [0.5, 0.6) is 0 Å². The fourth-order valence-corrected chi connectivity index (χ4v) is 9.93. The number of aryl methyl sites for hydroxylation is 2. The molecule has 6 aromatic rings. The topological polar surface area (TPSA) is 131 Å². The van der Waals surface area contributed by atoms with Crippen LogP contribution in [0.4, 0.5) is 10.3 Å². The number of amides is 1. The van der Waals surface area contributed by atoms with Crippen LogP contribution in [-0.2, 0) is 23.2 Å². The fraction of sp³-hybridized carbons (Fsp3) is 0.400. The van der Waals surface area contributed by atoms with Crippen LogP contribution in [0.2, 0.25) is 0 Å². The van der Waals surface area contributed by atoms with Gasteiger partial charge < -0.3 is 19.1 Å². The lowest BCUT2D eigenvalue weighted by Gasteiger charge is -2.31. The van der Waals surface area contributed by atoms with E-state index in [1.807, 2.05) is 24.3 Å². The van der Waals surface area contributed by atoms with Gasteiger partial charge in [0, 0.05) is 55.2 Å². The second-order valence-corrected chi connectivity index (χ2v) is 16.7. The number of carbonyl (C=O) groups is 1. The van der Waals surface area contributed by atoms with Crippen molar-refractivity contribution in [2.45, 2.75) is 76.8 Å². The fourth-order valence-electron chi connectivity index (χ4n) is 9.93. The van der Waals surface area contributed by atoms with E-state index in [4.69, 9.17) is 14.2 Å². The molecule has 3 atom stereocenters. The molecule has 6 heterocycles. The largest absolute Gasteiger partial charge is 0.438 e. The van der Waals surface area contributed by atoms with Gasteiger partial charge in [0.25, 0.3) is 11.5 Å². The number of rotatable bonds is 7. The predicted octanol–water partition coefficient (Wildman–Crippen LogP) is 6.49. The number of H-pyrrole nitrogens is 1. The Bertz CT molecular complexity index is 2690. The molecule has 3 aromatic carbocycles. The minimum atomic E-state index is -0.775. The summed E-state index contributed by atoms with van der Waals surface area (Å²) in [5.41, 5.74) is 5.43. The summed E-state index contributed by atoms with van der Waals surface area (Å²) in [7, 11) is 0. The van der Waals surface area contributed by atoms with E-state index in [-0.39, 0.29) is 35.7 Å². The van der Waals surface area contributed by atoms with Crippen molar-refractivity contribution in [1.82, 2.24) is 29.2 Å². The summed E-state index contributed by atoms with van der Waals surface area (Å²) in [4.78, 5) is 54.0. The molecule has 13 heteroatoms. The van der Waals surface area contributed by atoms with E-state index in [0.717, 1.165) is 43.4 Å². The normalized spacial score (nSPS) is 22.1. The summed E-state index contributed by atoms with van der Waals surface area (Å²) < 4.78 is 29.3. The number of fused-ring (bicyclic) bond motifs is 2. The van der Waals surface area contributed by atoms with Gasteiger partial charge in [-0.3, -0.25) is 19.1 Å². The van der Waals surface area contributed by atoms with Gasteiger partial charge in [-0.05, 0) is 110 Å². The van der Waals surface area contributed by atoms with Crippen LogP contribution in [0.1, 0.15) is 94.3 Å². The van der Waals surface area contributed by atoms with E-state index >= 15 is 4.79 Å². The minimum Gasteiger partial charge on any atom is -0.381 e. The Morgan fingerprint density at radius 1 is 0.931 bits per heavy atom. The van der Waals surface area contributed by atoms with Crippen LogP contribution in [0.25, 0.3) is 16.6 Å². The number of anilines is 1. The number of nitrogens with zero attached hydrogens (tertiary/aromatic N) is 6. The molecule has 3 aliphatic heterocycles. The number of carbonyl (C=O) groups excluding carboxylic acids is 1. The van der Waals surface area contributed by atoms with Crippen molar-refractivity contribution in [3.05, 3.63) is 138 Å². The van der Waals surface area contributed by atoms with Crippen LogP contribution in [-0.4, -0.2) is 67.9 Å². The predicted molar refractivity (Wildman–Crippen MR) is 216 cm³/mol. The summed E-state index contributed by atoms with van der Waals surface area (Å²) in [6.07, 6.45) is 3.74. The molecule has 0 unspecified atom stereocenters. The maximum Gasteiger partial charge on any atom is 0.438 e. The molecule has 3 aromatic heterocycles. The van der Waals surface area contributed by atoms with Crippen molar-refractivity contribution in [1.29, 1.82) is 0 Å². The number of aromatic amines is 1. The monoisotopic (exact) mass is 783 g/mol. The molecular formula is C45H46FN7O5. The van der Waals surface area contributed by atoms with Crippen molar-refractivity contribution in [3.8, 4) is 5.69 Å². The summed E-state index contributed by atoms with van der Waals surface area (Å²) >= 11 is 0. The molecule has 1 amide bonds. The van der Waals surface area contributed by atoms with Crippen molar-refractivity contribution in [2.75, 3.05) is 37.7 Å². The molecule has 0 spiro atoms. The number of nitrogens with one attached hydrogen (secondary N) is 1. The zero-order chi connectivity index (χ0) is 39.9. The summed E-state index contributed by atoms with van der Waals surface area (Å²) in [5, 5.41) is 5.09. The standard InChI is InChI=1S/C45H46FN7O5/c1-26-19-34(20-27(2)39(26)46)52-40(54)35-12-16-50(25-36(35)47-43(52)51-15-11-32(24-51)29-7-5-4-6-8-29)41(55)38-22-33-21-31(30-13-17-57-18-14-30)9-10-37(33)53(38)45(23-28(45)3)42-48-44(56)58-49-42/h4-10,19-22,28,30,32H,11-18,23-25H2,1-3H3,(H,48,49,56)/t28-,32+,45+/m0/s1. The van der Waals surface area contributed by atoms with Crippen LogP contribution in [0, 0.1) is 25.6 Å². The van der Waals surface area contributed by atoms with Gasteiger partial charge in [0.05, 0.1) is 17.9 Å². The highest BCUT2D eigenvalue weighted by Crippen LogP contribution is 2.56. The van der Waals surface area contributed by atoms with E-state index in [9.17, 15) is 14.0 Å². The van der Waals surface area contributed by atoms with E-state index in [1.54, 1.807) is 35.4 Å². The number of hydrogen-bond donors (Lipinski definition) is 1. The van der Waals surface area contributed by atoms with Crippen molar-refractivity contribution < 1.29 is 18.4 Å². The first-order valence-electron chi connectivity index (χ1n) is 20.4. The third-order valence-electron chi connectivity index (χ3n) is 13.2. The lowest BCUT2D eigenvalue weighted by Crippen LogP contribution is -2.43. The smallest absolute Gasteiger partial charge is 0.381 e. The van der Waals surface area contributed by atoms with Gasteiger partial charge in [-0.1, -0.05) is 48.5 Å². The van der Waals surface area contributed by atoms with Crippen molar-refractivity contribution >= 4 is 22.8 Å². The molecule has 3 fully saturated rings. The van der Waals surface area contributed by atoms with E-state index < -0.39 is 11.3 Å². The molecule has 12 nitrogen and oxygen atoms in total. The van der Waals surface area contributed by atoms with E-state index in [0.29, 0.717) is 83.9 Å². The third kappa shape index (κ3) is 5.92. The SMILES string of the molecule is Cc1cc(-n2c(N3CC[C@@H](c4ccccc4)C3)nc3c(c2=O)CCN(C(=O)c2cc4cc(C5CCOCC5)ccc4n2[C@]2(c4noc(=O)[nH]4)C[C@@H]2C)C3)cc(C)c1F. The van der Waals surface area contributed by atoms with Gasteiger partial charge in [-0.15, -0.1) is 0 Å². The quantitative estimate of drug-likeness (QED) is 0.195. The number of benzene rings is 3. The molecule has 58 heavy (non-hydrogen) atoms. The summed E-state index contributed by atoms with van der Waals surface area (Å²) in [6, 6.07) is 22.2. The minimum absolute atomic E-state index is 0.0641. The average Bonchev–Trinajstić information content (AvgIpc) is 3.66. The Labute approximate surface area is 334 Å². The lowest BCUT2D eigenvalue weighted by atomic mass is 9.91. The Morgan fingerprint density at radius 2 is 1.69 bits per heavy atom. The first kappa shape index (κ1) is 36.5. The molecule has 4 aliphatic rings. The molecule has 0 bridgehead atoms. The summed E-state index contributed by atoms with van der Waals surface area (Å²) in [5.74, 6) is 0.449. The Morgan fingerprint density at radius 3 is 2.40 bits per heavy atom. The second-order valence-electron chi connectivity index (χ2n) is 16.7. The molecule has 10 rings (SSSR count). The van der Waals surface area contributed by atoms with Gasteiger partial charge in [0.2, 0.25) is 5.95 Å². The van der Waals surface area contributed by atoms with Gasteiger partial charge in [-0.2, -0.15) is 0 Å². The van der Waals surface area contributed by atoms with E-state index in [2.05, 4.69) is 56.9 Å². The Hall–Kier alpha value is -5.82. The maximum absolute atomic E-state index is 15.0. The maximum atomic E-state index is 15.0. The molecule has 1 aliphatic carbocycles. The van der Waals surface area contributed by atoms with Crippen LogP contribution >= 0.6 is 0 Å². The number of halogens is 1. The first-order chi connectivity index (χ1) is 28.1. The average molecular weight is 784 g/mol. The number of ether oxygens (including phenoxy) is 1. The van der Waals surface area contributed by atoms with Gasteiger partial charge >= 0.3 is 5.76 Å². The van der Waals surface area contributed by atoms with Gasteiger partial charge in [0.1, 0.15) is 17.1 Å². The molecule has 2 saturated heterocycles. The Balaban J connectivity index is 1.06. The molecule has 1 N–H and O–H groups in total. The Kier molecular flexibility index (Phi) is 8.77. The highest BCUT2D eigenvalue weighted by atomic mass is 19.1. The van der Waals surface area contributed by atoms with Crippen molar-refractivity contribution in [3.63, 3.8) is 0 Å². The van der Waals surface area contributed by atoms with Gasteiger partial charge in [-0.25, -0.2) is 18.7 Å². The summed E-state index contributed by atoms with van der Waals surface area (Å²) in [6.45, 7) is 8.76. The second kappa shape index (κ2) is 13.9. The molecular weight excluding hydrogens is 738 g/mol. The van der Waals surface area contributed by atoms with Crippen LogP contribution in [0.15, 0.2) is 80.8 Å². The van der Waals surface area contributed by atoms with Crippen LogP contribution in [0.3, 0.4) is 0 Å². The van der Waals surface area contributed by atoms with Crippen LogP contribution < -0.4 is 16.2 Å². The first-order valence-corrected chi connectivity index (χ1v) is 20.4. The highest BCUT2D eigenvalue weighted by Gasteiger charge is 2.59. The number of hydrogen-bond acceptors (Lipinski definition) is 8.